The molecule has 0 bridgehead atoms. The molecular formula is C54H37N3O. The van der Waals surface area contributed by atoms with E-state index in [-0.39, 0.29) is 0 Å². The second kappa shape index (κ2) is 14.8. The standard InChI is InChI=1S/C54H37N3O/c1-3-5-15-36-22-25-42(33-38(36)14-4-2)52-55-53(43-27-29-45-41(34-43)24-23-40-32-39(26-28-44(40)45)35-16-8-6-9-17-35)57-54(56-52)51-46(37-18-10-7-11-19-37)30-31-49-50(51)47-20-12-13-21-48(47)58-49/h4,6-14,16-34H,3H2,1-2H3/b14-4-. The lowest BCUT2D eigenvalue weighted by Crippen LogP contribution is -2.02. The van der Waals surface area contributed by atoms with E-state index in [0.717, 1.165) is 72.7 Å². The Morgan fingerprint density at radius 1 is 0.517 bits per heavy atom. The maximum Gasteiger partial charge on any atom is 0.165 e. The lowest BCUT2D eigenvalue weighted by Gasteiger charge is -2.14. The highest BCUT2D eigenvalue weighted by Gasteiger charge is 2.22. The average molecular weight is 744 g/mol. The van der Waals surface area contributed by atoms with Gasteiger partial charge in [-0.05, 0) is 105 Å². The van der Waals surface area contributed by atoms with Gasteiger partial charge < -0.3 is 4.42 Å². The number of allylic oxidation sites excluding steroid dienone is 1. The molecule has 0 fully saturated rings. The van der Waals surface area contributed by atoms with E-state index in [1.165, 1.54) is 27.3 Å². The summed E-state index contributed by atoms with van der Waals surface area (Å²) >= 11 is 0. The van der Waals surface area contributed by atoms with E-state index >= 15 is 0 Å². The predicted molar refractivity (Wildman–Crippen MR) is 241 cm³/mol. The Kier molecular flexibility index (Phi) is 8.89. The second-order valence-electron chi connectivity index (χ2n) is 14.4. The summed E-state index contributed by atoms with van der Waals surface area (Å²) in [4.78, 5) is 15.9. The molecule has 0 atom stereocenters. The Morgan fingerprint density at radius 3 is 1.86 bits per heavy atom. The van der Waals surface area contributed by atoms with Gasteiger partial charge in [0.25, 0.3) is 0 Å². The van der Waals surface area contributed by atoms with Gasteiger partial charge in [-0.2, -0.15) is 0 Å². The van der Waals surface area contributed by atoms with E-state index in [0.29, 0.717) is 17.5 Å². The third kappa shape index (κ3) is 6.30. The van der Waals surface area contributed by atoms with Crippen molar-refractivity contribution in [2.24, 2.45) is 0 Å². The van der Waals surface area contributed by atoms with Crippen molar-refractivity contribution in [1.82, 2.24) is 15.0 Å². The van der Waals surface area contributed by atoms with Crippen molar-refractivity contribution in [2.75, 3.05) is 0 Å². The number of hydrogen-bond acceptors (Lipinski definition) is 4. The molecule has 0 N–H and O–H groups in total. The van der Waals surface area contributed by atoms with Crippen LogP contribution in [0.3, 0.4) is 0 Å². The Labute approximate surface area is 337 Å². The van der Waals surface area contributed by atoms with Crippen LogP contribution in [0.5, 0.6) is 0 Å². The Hall–Kier alpha value is -7.61. The fraction of sp³-hybridized carbons (Fsp3) is 0.0556. The number of hydrogen-bond donors (Lipinski definition) is 0. The van der Waals surface area contributed by atoms with Gasteiger partial charge in [0, 0.05) is 39.4 Å². The maximum absolute atomic E-state index is 6.45. The summed E-state index contributed by atoms with van der Waals surface area (Å²) < 4.78 is 6.45. The number of para-hydroxylation sites is 1. The number of fused-ring (bicyclic) bond motifs is 6. The molecule has 274 valence electrons. The molecule has 0 aliphatic heterocycles. The first-order valence-corrected chi connectivity index (χ1v) is 19.7. The third-order valence-electron chi connectivity index (χ3n) is 10.7. The number of aromatic nitrogens is 3. The molecule has 4 heteroatoms. The van der Waals surface area contributed by atoms with Crippen LogP contribution in [0.15, 0.2) is 174 Å². The van der Waals surface area contributed by atoms with Crippen molar-refractivity contribution in [3.63, 3.8) is 0 Å². The quantitative estimate of drug-likeness (QED) is 0.126. The van der Waals surface area contributed by atoms with Crippen molar-refractivity contribution in [3.05, 3.63) is 181 Å². The van der Waals surface area contributed by atoms with Crippen LogP contribution in [-0.4, -0.2) is 15.0 Å². The minimum atomic E-state index is 0.575. The van der Waals surface area contributed by atoms with Gasteiger partial charge in [-0.1, -0.05) is 146 Å². The van der Waals surface area contributed by atoms with Gasteiger partial charge in [0.15, 0.2) is 17.5 Å². The summed E-state index contributed by atoms with van der Waals surface area (Å²) in [7, 11) is 0. The van der Waals surface area contributed by atoms with E-state index in [2.05, 4.69) is 164 Å². The number of furan rings is 1. The molecule has 10 rings (SSSR count). The molecule has 2 heterocycles. The van der Waals surface area contributed by atoms with Gasteiger partial charge in [-0.3, -0.25) is 0 Å². The van der Waals surface area contributed by atoms with Gasteiger partial charge in [0.2, 0.25) is 0 Å². The summed E-state index contributed by atoms with van der Waals surface area (Å²) in [5, 5.41) is 6.67. The van der Waals surface area contributed by atoms with Gasteiger partial charge >= 0.3 is 0 Å². The Morgan fingerprint density at radius 2 is 1.14 bits per heavy atom. The minimum Gasteiger partial charge on any atom is -0.456 e. The van der Waals surface area contributed by atoms with Crippen LogP contribution in [-0.2, 0) is 0 Å². The predicted octanol–water partition coefficient (Wildman–Crippen LogP) is 14.2. The maximum atomic E-state index is 6.45. The number of nitrogens with zero attached hydrogens (tertiary/aromatic N) is 3. The number of rotatable bonds is 6. The largest absolute Gasteiger partial charge is 0.456 e. The van der Waals surface area contributed by atoms with Crippen LogP contribution in [0.4, 0.5) is 0 Å². The highest BCUT2D eigenvalue weighted by molar-refractivity contribution is 6.15. The lowest BCUT2D eigenvalue weighted by molar-refractivity contribution is 0.669. The van der Waals surface area contributed by atoms with Crippen LogP contribution in [0.1, 0.15) is 31.4 Å². The highest BCUT2D eigenvalue weighted by Crippen LogP contribution is 2.43. The molecule has 10 aromatic rings. The fourth-order valence-corrected chi connectivity index (χ4v) is 7.99. The molecule has 0 amide bonds. The summed E-state index contributed by atoms with van der Waals surface area (Å²) in [5.74, 6) is 8.32. The first-order valence-electron chi connectivity index (χ1n) is 19.7. The molecule has 2 aromatic heterocycles. The van der Waals surface area contributed by atoms with Crippen molar-refractivity contribution < 1.29 is 4.42 Å². The van der Waals surface area contributed by atoms with Crippen LogP contribution >= 0.6 is 0 Å². The molecule has 0 aliphatic rings. The van der Waals surface area contributed by atoms with Gasteiger partial charge in [0.1, 0.15) is 11.2 Å². The zero-order valence-electron chi connectivity index (χ0n) is 32.2. The SMILES string of the molecule is C/C=C\c1cc(-c2nc(-c3ccc4c(ccc5cc(-c6ccccc6)ccc54)c3)nc(-c3c(-c4ccccc4)ccc4oc5ccccc5c34)n2)ccc1C#CCC. The van der Waals surface area contributed by atoms with Crippen LogP contribution < -0.4 is 0 Å². The van der Waals surface area contributed by atoms with Crippen LogP contribution in [0.2, 0.25) is 0 Å². The lowest BCUT2D eigenvalue weighted by atomic mass is 9.94. The first-order chi connectivity index (χ1) is 28.6. The van der Waals surface area contributed by atoms with Gasteiger partial charge in [0.05, 0.1) is 0 Å². The zero-order chi connectivity index (χ0) is 39.0. The Bertz CT molecular complexity index is 3280. The van der Waals surface area contributed by atoms with E-state index < -0.39 is 0 Å². The van der Waals surface area contributed by atoms with E-state index in [1.807, 2.05) is 37.3 Å². The van der Waals surface area contributed by atoms with Crippen LogP contribution in [0.25, 0.3) is 106 Å². The fourth-order valence-electron chi connectivity index (χ4n) is 7.99. The Balaban J connectivity index is 1.21. The first kappa shape index (κ1) is 34.8. The van der Waals surface area contributed by atoms with Crippen molar-refractivity contribution >= 4 is 49.6 Å². The molecule has 0 spiro atoms. The molecule has 0 saturated carbocycles. The third-order valence-corrected chi connectivity index (χ3v) is 10.7. The average Bonchev–Trinajstić information content (AvgIpc) is 3.67. The van der Waals surface area contributed by atoms with Crippen molar-refractivity contribution in [2.45, 2.75) is 20.3 Å². The normalized spacial score (nSPS) is 11.5. The molecule has 4 nitrogen and oxygen atoms in total. The van der Waals surface area contributed by atoms with E-state index in [9.17, 15) is 0 Å². The van der Waals surface area contributed by atoms with Crippen molar-refractivity contribution in [3.8, 4) is 68.3 Å². The molecule has 0 radical (unpaired) electrons. The monoisotopic (exact) mass is 743 g/mol. The summed E-state index contributed by atoms with van der Waals surface area (Å²) in [6.07, 6.45) is 4.92. The molecule has 8 aromatic carbocycles. The summed E-state index contributed by atoms with van der Waals surface area (Å²) in [6.45, 7) is 4.09. The van der Waals surface area contributed by atoms with E-state index in [4.69, 9.17) is 19.4 Å². The molecule has 58 heavy (non-hydrogen) atoms. The molecular weight excluding hydrogens is 707 g/mol. The van der Waals surface area contributed by atoms with Gasteiger partial charge in [-0.25, -0.2) is 15.0 Å². The van der Waals surface area contributed by atoms with Crippen LogP contribution in [0, 0.1) is 11.8 Å². The molecule has 0 saturated heterocycles. The van der Waals surface area contributed by atoms with Crippen molar-refractivity contribution in [1.29, 1.82) is 0 Å². The minimum absolute atomic E-state index is 0.575. The molecule has 0 aliphatic carbocycles. The summed E-state index contributed by atoms with van der Waals surface area (Å²) in [6, 6.07) is 57.2. The second-order valence-corrected chi connectivity index (χ2v) is 14.4. The summed E-state index contributed by atoms with van der Waals surface area (Å²) in [5.41, 5.74) is 10.8. The van der Waals surface area contributed by atoms with Gasteiger partial charge in [-0.15, -0.1) is 0 Å². The molecule has 0 unspecified atom stereocenters. The number of benzene rings is 8. The highest BCUT2D eigenvalue weighted by atomic mass is 16.3. The van der Waals surface area contributed by atoms with E-state index in [1.54, 1.807) is 0 Å². The smallest absolute Gasteiger partial charge is 0.165 e. The zero-order valence-corrected chi connectivity index (χ0v) is 32.2. The topological polar surface area (TPSA) is 51.8 Å².